The Morgan fingerprint density at radius 3 is 2.86 bits per heavy atom. The fourth-order valence-corrected chi connectivity index (χ4v) is 3.35. The van der Waals surface area contributed by atoms with Gasteiger partial charge in [0.25, 0.3) is 11.8 Å². The van der Waals surface area contributed by atoms with Gasteiger partial charge in [-0.3, -0.25) is 4.79 Å². The van der Waals surface area contributed by atoms with E-state index in [0.717, 1.165) is 9.77 Å². The van der Waals surface area contributed by atoms with Crippen LogP contribution in [-0.4, -0.2) is 22.3 Å². The minimum absolute atomic E-state index is 0.152. The summed E-state index contributed by atoms with van der Waals surface area (Å²) in [6, 6.07) is 9.34. The Kier molecular flexibility index (Phi) is 4.26. The number of thiophene rings is 1. The molecule has 0 fully saturated rings. The van der Waals surface area contributed by atoms with Crippen LogP contribution in [0.5, 0.6) is 0 Å². The van der Waals surface area contributed by atoms with Gasteiger partial charge in [0.2, 0.25) is 0 Å². The highest BCUT2D eigenvalue weighted by atomic mass is 32.2. The van der Waals surface area contributed by atoms with Crippen LogP contribution >= 0.6 is 23.1 Å². The van der Waals surface area contributed by atoms with E-state index in [4.69, 9.17) is 4.52 Å². The highest BCUT2D eigenvalue weighted by Gasteiger charge is 2.17. The molecule has 0 radical (unpaired) electrons. The van der Waals surface area contributed by atoms with Crippen molar-refractivity contribution in [3.8, 4) is 10.8 Å². The van der Waals surface area contributed by atoms with Crippen molar-refractivity contribution in [2.45, 2.75) is 11.8 Å². The lowest BCUT2D eigenvalue weighted by Crippen LogP contribution is -2.12. The van der Waals surface area contributed by atoms with E-state index in [1.54, 1.807) is 18.7 Å². The number of hydrogen-bond donors (Lipinski definition) is 1. The van der Waals surface area contributed by atoms with Gasteiger partial charge in [-0.15, -0.1) is 23.1 Å². The molecule has 1 N–H and O–H groups in total. The summed E-state index contributed by atoms with van der Waals surface area (Å²) in [5, 5.41) is 8.58. The van der Waals surface area contributed by atoms with Gasteiger partial charge in [0.1, 0.15) is 4.88 Å². The van der Waals surface area contributed by atoms with Gasteiger partial charge < -0.3 is 9.84 Å². The molecule has 3 aromatic rings. The Labute approximate surface area is 135 Å². The number of amides is 1. The summed E-state index contributed by atoms with van der Waals surface area (Å²) in [5.41, 5.74) is 1.32. The molecule has 3 rings (SSSR count). The molecule has 22 heavy (non-hydrogen) atoms. The van der Waals surface area contributed by atoms with Gasteiger partial charge >= 0.3 is 0 Å². The Morgan fingerprint density at radius 1 is 1.32 bits per heavy atom. The summed E-state index contributed by atoms with van der Waals surface area (Å²) in [7, 11) is 0. The molecule has 0 atom stereocenters. The van der Waals surface area contributed by atoms with Crippen LogP contribution < -0.4 is 5.32 Å². The Morgan fingerprint density at radius 2 is 2.14 bits per heavy atom. The second kappa shape index (κ2) is 6.33. The highest BCUT2D eigenvalue weighted by Crippen LogP contribution is 2.33. The van der Waals surface area contributed by atoms with Crippen molar-refractivity contribution in [1.29, 1.82) is 0 Å². The van der Waals surface area contributed by atoms with E-state index in [2.05, 4.69) is 15.5 Å². The summed E-state index contributed by atoms with van der Waals surface area (Å²) >= 11 is 2.99. The molecule has 5 nitrogen and oxygen atoms in total. The second-order valence-electron chi connectivity index (χ2n) is 4.46. The topological polar surface area (TPSA) is 68.0 Å². The van der Waals surface area contributed by atoms with Crippen LogP contribution in [-0.2, 0) is 0 Å². The Bertz CT molecular complexity index is 810. The standard InChI is InChI=1S/C15H13N3O2S2/c1-9-16-15(20-18-9)13-11(7-8-22-13)17-14(19)10-5-3-4-6-12(10)21-2/h3-8H,1-2H3,(H,17,19). The van der Waals surface area contributed by atoms with Gasteiger partial charge in [-0.1, -0.05) is 17.3 Å². The molecule has 0 aliphatic carbocycles. The van der Waals surface area contributed by atoms with Gasteiger partial charge in [-0.25, -0.2) is 0 Å². The molecule has 0 bridgehead atoms. The van der Waals surface area contributed by atoms with Gasteiger partial charge in [0.05, 0.1) is 11.3 Å². The van der Waals surface area contributed by atoms with Gasteiger partial charge in [-0.05, 0) is 36.8 Å². The molecular weight excluding hydrogens is 318 g/mol. The predicted octanol–water partition coefficient (Wildman–Crippen LogP) is 4.08. The molecule has 0 saturated carbocycles. The average Bonchev–Trinajstić information content (AvgIpc) is 3.15. The number of thioether (sulfide) groups is 1. The molecule has 1 aromatic carbocycles. The molecule has 0 saturated heterocycles. The van der Waals surface area contributed by atoms with E-state index in [9.17, 15) is 4.79 Å². The first-order chi connectivity index (χ1) is 10.7. The number of nitrogens with zero attached hydrogens (tertiary/aromatic N) is 2. The van der Waals surface area contributed by atoms with Gasteiger partial charge in [-0.2, -0.15) is 4.98 Å². The van der Waals surface area contributed by atoms with Crippen molar-refractivity contribution < 1.29 is 9.32 Å². The quantitative estimate of drug-likeness (QED) is 0.730. The minimum Gasteiger partial charge on any atom is -0.333 e. The summed E-state index contributed by atoms with van der Waals surface area (Å²) in [5.74, 6) is 0.829. The number of carbonyl (C=O) groups is 1. The summed E-state index contributed by atoms with van der Waals surface area (Å²) in [6.07, 6.45) is 1.95. The molecule has 0 unspecified atom stereocenters. The zero-order chi connectivity index (χ0) is 15.5. The number of aryl methyl sites for hydroxylation is 1. The van der Waals surface area contributed by atoms with Crippen LogP contribution in [0.1, 0.15) is 16.2 Å². The molecule has 0 spiro atoms. The van der Waals surface area contributed by atoms with Gasteiger partial charge in [0, 0.05) is 4.90 Å². The monoisotopic (exact) mass is 331 g/mol. The maximum atomic E-state index is 12.5. The van der Waals surface area contributed by atoms with E-state index in [-0.39, 0.29) is 5.91 Å². The molecule has 0 aliphatic rings. The van der Waals surface area contributed by atoms with E-state index < -0.39 is 0 Å². The van der Waals surface area contributed by atoms with Crippen LogP contribution in [0.2, 0.25) is 0 Å². The molecule has 2 aromatic heterocycles. The fourth-order valence-electron chi connectivity index (χ4n) is 1.98. The number of hydrogen-bond acceptors (Lipinski definition) is 6. The maximum absolute atomic E-state index is 12.5. The third-order valence-corrected chi connectivity index (χ3v) is 4.69. The fraction of sp³-hybridized carbons (Fsp3) is 0.133. The Balaban J connectivity index is 1.88. The van der Waals surface area contributed by atoms with E-state index in [1.807, 2.05) is 42.0 Å². The molecule has 112 valence electrons. The van der Waals surface area contributed by atoms with Crippen LogP contribution in [0.25, 0.3) is 10.8 Å². The van der Waals surface area contributed by atoms with E-state index >= 15 is 0 Å². The zero-order valence-electron chi connectivity index (χ0n) is 12.0. The predicted molar refractivity (Wildman–Crippen MR) is 88.5 cm³/mol. The largest absolute Gasteiger partial charge is 0.333 e. The lowest BCUT2D eigenvalue weighted by Gasteiger charge is -2.08. The lowest BCUT2D eigenvalue weighted by molar-refractivity contribution is 0.102. The van der Waals surface area contributed by atoms with Crippen LogP contribution in [0.15, 0.2) is 45.1 Å². The molecule has 0 aliphatic heterocycles. The number of rotatable bonds is 4. The third kappa shape index (κ3) is 2.90. The number of anilines is 1. The zero-order valence-corrected chi connectivity index (χ0v) is 13.6. The first-order valence-corrected chi connectivity index (χ1v) is 8.62. The van der Waals surface area contributed by atoms with Crippen molar-refractivity contribution in [2.75, 3.05) is 11.6 Å². The van der Waals surface area contributed by atoms with Crippen molar-refractivity contribution in [2.24, 2.45) is 0 Å². The van der Waals surface area contributed by atoms with Crippen molar-refractivity contribution >= 4 is 34.7 Å². The summed E-state index contributed by atoms with van der Waals surface area (Å²) in [6.45, 7) is 1.76. The maximum Gasteiger partial charge on any atom is 0.270 e. The van der Waals surface area contributed by atoms with Crippen LogP contribution in [0.4, 0.5) is 5.69 Å². The molecule has 7 heteroatoms. The third-order valence-electron chi connectivity index (χ3n) is 2.99. The first kappa shape index (κ1) is 14.8. The van der Waals surface area contributed by atoms with Crippen LogP contribution in [0, 0.1) is 6.92 Å². The number of benzene rings is 1. The number of carbonyl (C=O) groups excluding carboxylic acids is 1. The number of aromatic nitrogens is 2. The highest BCUT2D eigenvalue weighted by molar-refractivity contribution is 7.98. The van der Waals surface area contributed by atoms with Crippen molar-refractivity contribution in [3.05, 3.63) is 47.1 Å². The van der Waals surface area contributed by atoms with E-state index in [0.29, 0.717) is 23.0 Å². The molecular formula is C15H13N3O2S2. The molecule has 2 heterocycles. The van der Waals surface area contributed by atoms with Crippen LogP contribution in [0.3, 0.4) is 0 Å². The Hall–Kier alpha value is -2.12. The normalized spacial score (nSPS) is 10.6. The smallest absolute Gasteiger partial charge is 0.270 e. The van der Waals surface area contributed by atoms with Gasteiger partial charge in [0.15, 0.2) is 5.82 Å². The summed E-state index contributed by atoms with van der Waals surface area (Å²) in [4.78, 5) is 18.4. The minimum atomic E-state index is -0.152. The van der Waals surface area contributed by atoms with Crippen molar-refractivity contribution in [3.63, 3.8) is 0 Å². The van der Waals surface area contributed by atoms with Crippen molar-refractivity contribution in [1.82, 2.24) is 10.1 Å². The summed E-state index contributed by atoms with van der Waals surface area (Å²) < 4.78 is 5.18. The molecule has 1 amide bonds. The van der Waals surface area contributed by atoms with E-state index in [1.165, 1.54) is 11.3 Å². The SMILES string of the molecule is CSc1ccccc1C(=O)Nc1ccsc1-c1nc(C)no1. The number of nitrogens with one attached hydrogen (secondary N) is 1. The first-order valence-electron chi connectivity index (χ1n) is 6.51. The second-order valence-corrected chi connectivity index (χ2v) is 6.23. The lowest BCUT2D eigenvalue weighted by atomic mass is 10.2. The average molecular weight is 331 g/mol.